The molecule has 4 N–H and O–H groups in total. The highest BCUT2D eigenvalue weighted by molar-refractivity contribution is 6.25. The van der Waals surface area contributed by atoms with Crippen molar-refractivity contribution in [3.63, 3.8) is 0 Å². The van der Waals surface area contributed by atoms with Crippen molar-refractivity contribution in [3.8, 4) is 22.7 Å². The Morgan fingerprint density at radius 1 is 0.915 bits per heavy atom. The number of ether oxygens (including phenoxy) is 2. The second kappa shape index (κ2) is 21.0. The molecular formula is C50H51F2N9O10. The minimum Gasteiger partial charge on any atom is -0.507 e. The Bertz CT molecular complexity index is 3030. The number of hydrogen-bond acceptors (Lipinski definition) is 14. The molecule has 0 radical (unpaired) electrons. The first kappa shape index (κ1) is 49.5. The molecule has 2 aromatic heterocycles. The number of anilines is 2. The highest BCUT2D eigenvalue weighted by Gasteiger charge is 2.45. The maximum absolute atomic E-state index is 16.1. The van der Waals surface area contributed by atoms with Crippen LogP contribution in [0.15, 0.2) is 72.0 Å². The highest BCUT2D eigenvalue weighted by Crippen LogP contribution is 2.37. The minimum absolute atomic E-state index is 0.0208. The standard InChI is InChI=1S/C50H51F2N9O10/c1-5-40(65)58-16-17-59(29(4)26-58)45-32-24-34(52)43(42-33(51)9-7-11-37(42)62)56-46(32)61(50(69)57-45)44-27(2)22-30(23-28(44)3)25-54-38(63)14-18-70-20-21-71-19-15-53-35-10-6-8-31-41(35)49(68)60(48(31)67)36-12-13-39(64)55-47(36)66/h5-11,22-24,29,36,53,62H,1,12-21,25-26H2,2-4H3,(H,54,63)(H,55,64,66)/t29-,36?/m0/s1. The number of aromatic hydroxyl groups is 1. The lowest BCUT2D eigenvalue weighted by Crippen LogP contribution is -2.54. The molecule has 5 heterocycles. The summed E-state index contributed by atoms with van der Waals surface area (Å²) >= 11 is 0. The third kappa shape index (κ3) is 10.1. The lowest BCUT2D eigenvalue weighted by Gasteiger charge is -2.40. The van der Waals surface area contributed by atoms with Gasteiger partial charge in [0, 0.05) is 57.3 Å². The molecule has 2 atom stereocenters. The average Bonchev–Trinajstić information content (AvgIpc) is 3.59. The van der Waals surface area contributed by atoms with E-state index in [1.165, 1.54) is 28.8 Å². The maximum atomic E-state index is 16.1. The number of pyridine rings is 1. The summed E-state index contributed by atoms with van der Waals surface area (Å²) in [6.45, 7) is 10.9. The van der Waals surface area contributed by atoms with E-state index in [1.807, 2.05) is 6.92 Å². The summed E-state index contributed by atoms with van der Waals surface area (Å²) < 4.78 is 43.8. The van der Waals surface area contributed by atoms with Crippen LogP contribution in [0.4, 0.5) is 20.3 Å². The van der Waals surface area contributed by atoms with Crippen molar-refractivity contribution < 1.29 is 52.1 Å². The number of aromatic nitrogens is 3. The van der Waals surface area contributed by atoms with Gasteiger partial charge in [-0.3, -0.25) is 39.0 Å². The Morgan fingerprint density at radius 3 is 2.35 bits per heavy atom. The Hall–Kier alpha value is -7.91. The molecule has 1 unspecified atom stereocenters. The summed E-state index contributed by atoms with van der Waals surface area (Å²) in [5.41, 5.74) is 1.19. The zero-order valence-corrected chi connectivity index (χ0v) is 39.2. The third-order valence-corrected chi connectivity index (χ3v) is 12.6. The number of nitrogens with one attached hydrogen (secondary N) is 3. The average molecular weight is 976 g/mol. The van der Waals surface area contributed by atoms with Crippen molar-refractivity contribution in [2.24, 2.45) is 0 Å². The van der Waals surface area contributed by atoms with Crippen LogP contribution in [0.25, 0.3) is 28.0 Å². The largest absolute Gasteiger partial charge is 0.507 e. The summed E-state index contributed by atoms with van der Waals surface area (Å²) in [5, 5.41) is 18.9. The van der Waals surface area contributed by atoms with Crippen molar-refractivity contribution in [3.05, 3.63) is 117 Å². The molecule has 6 amide bonds. The molecule has 370 valence electrons. The lowest BCUT2D eigenvalue weighted by atomic mass is 10.0. The molecule has 3 aromatic carbocycles. The van der Waals surface area contributed by atoms with E-state index in [2.05, 4.69) is 32.5 Å². The Morgan fingerprint density at radius 2 is 1.65 bits per heavy atom. The summed E-state index contributed by atoms with van der Waals surface area (Å²) in [6.07, 6.45) is 1.35. The number of fused-ring (bicyclic) bond motifs is 2. The van der Waals surface area contributed by atoms with Crippen LogP contribution < -0.4 is 26.5 Å². The van der Waals surface area contributed by atoms with E-state index >= 15 is 8.78 Å². The molecule has 0 saturated carbocycles. The number of halogens is 2. The zero-order valence-electron chi connectivity index (χ0n) is 39.2. The first-order chi connectivity index (χ1) is 34.1. The Balaban J connectivity index is 0.867. The van der Waals surface area contributed by atoms with Gasteiger partial charge < -0.3 is 35.0 Å². The zero-order chi connectivity index (χ0) is 50.7. The molecule has 3 aliphatic heterocycles. The van der Waals surface area contributed by atoms with Crippen molar-refractivity contribution in [1.82, 2.24) is 35.0 Å². The predicted octanol–water partition coefficient (Wildman–Crippen LogP) is 3.82. The molecule has 8 rings (SSSR count). The molecule has 3 aliphatic rings. The van der Waals surface area contributed by atoms with Gasteiger partial charge in [-0.25, -0.2) is 23.1 Å². The molecule has 21 heteroatoms. The number of nitrogens with zero attached hydrogens (tertiary/aromatic N) is 6. The molecule has 0 bridgehead atoms. The highest BCUT2D eigenvalue weighted by atomic mass is 19.1. The molecular weight excluding hydrogens is 925 g/mol. The van der Waals surface area contributed by atoms with E-state index < -0.39 is 64.0 Å². The number of benzene rings is 3. The summed E-state index contributed by atoms with van der Waals surface area (Å²) in [6, 6.07) is 11.6. The van der Waals surface area contributed by atoms with Crippen LogP contribution in [0.2, 0.25) is 0 Å². The first-order valence-electron chi connectivity index (χ1n) is 23.0. The maximum Gasteiger partial charge on any atom is 0.355 e. The molecule has 0 spiro atoms. The monoisotopic (exact) mass is 975 g/mol. The van der Waals surface area contributed by atoms with E-state index in [1.54, 1.807) is 47.9 Å². The quantitative estimate of drug-likeness (QED) is 0.0590. The van der Waals surface area contributed by atoms with Crippen LogP contribution in [-0.4, -0.2) is 130 Å². The molecule has 5 aromatic rings. The number of hydrogen-bond donors (Lipinski definition) is 4. The number of piperidine rings is 1. The van der Waals surface area contributed by atoms with Crippen molar-refractivity contribution in [2.45, 2.75) is 58.7 Å². The van der Waals surface area contributed by atoms with Crippen LogP contribution >= 0.6 is 0 Å². The number of rotatable bonds is 17. The first-order valence-corrected chi connectivity index (χ1v) is 23.0. The van der Waals surface area contributed by atoms with Gasteiger partial charge >= 0.3 is 5.69 Å². The topological polar surface area (TPSA) is 235 Å². The number of carbonyl (C=O) groups is 6. The SMILES string of the molecule is C=CC(=O)N1CCN(c2nc(=O)n(-c3c(C)cc(CNC(=O)CCOCCOCCNc4cccc5c4C(=O)N(C4CCC(=O)NC4=O)C5=O)cc3C)c3nc(-c4c(O)cccc4F)c(F)cc23)[C@@H](C)C1. The smallest absolute Gasteiger partial charge is 0.355 e. The van der Waals surface area contributed by atoms with Gasteiger partial charge in [0.25, 0.3) is 11.8 Å². The third-order valence-electron chi connectivity index (χ3n) is 12.6. The fourth-order valence-electron chi connectivity index (χ4n) is 9.25. The number of piperazine rings is 1. The predicted molar refractivity (Wildman–Crippen MR) is 255 cm³/mol. The number of imide groups is 2. The van der Waals surface area contributed by atoms with Crippen molar-refractivity contribution in [1.29, 1.82) is 0 Å². The van der Waals surface area contributed by atoms with Gasteiger partial charge in [-0.2, -0.15) is 4.98 Å². The number of phenols is 1. The van der Waals surface area contributed by atoms with E-state index in [0.717, 1.165) is 17.0 Å². The van der Waals surface area contributed by atoms with Gasteiger partial charge in [0.2, 0.25) is 23.6 Å². The number of aryl methyl sites for hydroxylation is 2. The van der Waals surface area contributed by atoms with Gasteiger partial charge in [-0.15, -0.1) is 0 Å². The van der Waals surface area contributed by atoms with E-state index in [4.69, 9.17) is 9.47 Å². The Labute approximate surface area is 405 Å². The van der Waals surface area contributed by atoms with E-state index in [0.29, 0.717) is 28.1 Å². The van der Waals surface area contributed by atoms with Crippen LogP contribution in [0.3, 0.4) is 0 Å². The molecule has 2 fully saturated rings. The van der Waals surface area contributed by atoms with Gasteiger partial charge in [-0.1, -0.05) is 30.8 Å². The molecule has 71 heavy (non-hydrogen) atoms. The van der Waals surface area contributed by atoms with E-state index in [-0.39, 0.29) is 124 Å². The van der Waals surface area contributed by atoms with Gasteiger partial charge in [0.1, 0.15) is 29.1 Å². The van der Waals surface area contributed by atoms with E-state index in [9.17, 15) is 38.7 Å². The van der Waals surface area contributed by atoms with Crippen molar-refractivity contribution in [2.75, 3.05) is 62.8 Å². The lowest BCUT2D eigenvalue weighted by molar-refractivity contribution is -0.136. The summed E-state index contributed by atoms with van der Waals surface area (Å²) in [7, 11) is 0. The number of phenolic OH excluding ortho intramolecular Hbond substituents is 1. The van der Waals surface area contributed by atoms with Crippen LogP contribution in [0.5, 0.6) is 5.75 Å². The molecule has 19 nitrogen and oxygen atoms in total. The van der Waals surface area contributed by atoms with Gasteiger partial charge in [-0.05, 0) is 80.3 Å². The number of amides is 6. The molecule has 0 aliphatic carbocycles. The molecule has 2 saturated heterocycles. The fraction of sp³-hybridized carbons (Fsp3) is 0.340. The van der Waals surface area contributed by atoms with Gasteiger partial charge in [0.15, 0.2) is 11.5 Å². The second-order valence-corrected chi connectivity index (χ2v) is 17.3. The minimum atomic E-state index is -1.07. The number of carbonyl (C=O) groups excluding carboxylic acids is 6. The summed E-state index contributed by atoms with van der Waals surface area (Å²) in [4.78, 5) is 103. The Kier molecular flexibility index (Phi) is 14.6. The normalized spacial score (nSPS) is 16.9. The fourth-order valence-corrected chi connectivity index (χ4v) is 9.25. The summed E-state index contributed by atoms with van der Waals surface area (Å²) in [5.74, 6) is -5.19. The van der Waals surface area contributed by atoms with Crippen LogP contribution in [0, 0.1) is 25.5 Å². The second-order valence-electron chi connectivity index (χ2n) is 17.3. The van der Waals surface area contributed by atoms with Crippen LogP contribution in [-0.2, 0) is 35.2 Å². The van der Waals surface area contributed by atoms with Crippen LogP contribution in [0.1, 0.15) is 63.6 Å². The van der Waals surface area contributed by atoms with Crippen molar-refractivity contribution >= 4 is 58.0 Å². The van der Waals surface area contributed by atoms with Gasteiger partial charge in [0.05, 0.1) is 54.2 Å².